The number of carbonyl (C=O) groups is 2. The van der Waals surface area contributed by atoms with Crippen molar-refractivity contribution >= 4 is 28.6 Å². The molecule has 1 heterocycles. The van der Waals surface area contributed by atoms with Crippen LogP contribution in [0.25, 0.3) is 10.9 Å². The van der Waals surface area contributed by atoms with Crippen LogP contribution in [-0.4, -0.2) is 38.4 Å². The summed E-state index contributed by atoms with van der Waals surface area (Å²) in [6.07, 6.45) is 0.132. The first kappa shape index (κ1) is 24.4. The Balaban J connectivity index is 0.00000264. The zero-order valence-corrected chi connectivity index (χ0v) is 19.5. The molecular formula is C14H12K2N2O6. The van der Waals surface area contributed by atoms with Crippen LogP contribution >= 0.6 is 0 Å². The summed E-state index contributed by atoms with van der Waals surface area (Å²) in [6, 6.07) is 7.00. The number of rotatable bonds is 6. The molecule has 24 heavy (non-hydrogen) atoms. The van der Waals surface area contributed by atoms with Crippen molar-refractivity contribution < 1.29 is 128 Å². The predicted octanol–water partition coefficient (Wildman–Crippen LogP) is -6.39. The van der Waals surface area contributed by atoms with Gasteiger partial charge in [0, 0.05) is 29.9 Å². The van der Waals surface area contributed by atoms with Crippen LogP contribution in [0.15, 0.2) is 35.6 Å². The van der Waals surface area contributed by atoms with E-state index in [2.05, 4.69) is 10.1 Å². The van der Waals surface area contributed by atoms with Gasteiger partial charge >= 0.3 is 109 Å². The van der Waals surface area contributed by atoms with Gasteiger partial charge in [-0.05, 0) is 11.6 Å². The Kier molecular flexibility index (Phi) is 10.7. The molecule has 0 aliphatic carbocycles. The minimum atomic E-state index is -2.55. The molecule has 3 N–H and O–H groups in total. The van der Waals surface area contributed by atoms with Crippen molar-refractivity contribution in [2.45, 2.75) is 18.4 Å². The molecule has 0 aliphatic rings. The van der Waals surface area contributed by atoms with E-state index in [1.807, 2.05) is 0 Å². The zero-order chi connectivity index (χ0) is 16.3. The summed E-state index contributed by atoms with van der Waals surface area (Å²) < 4.78 is 0. The molecule has 116 valence electrons. The molecule has 10 heteroatoms. The van der Waals surface area contributed by atoms with Crippen LogP contribution in [-0.2, 0) is 16.0 Å². The normalized spacial score (nSPS) is 13.5. The number of carbonyl (C=O) groups excluding carboxylic acids is 1. The molecule has 8 nitrogen and oxygen atoms in total. The van der Waals surface area contributed by atoms with Crippen LogP contribution in [0.1, 0.15) is 12.0 Å². The van der Waals surface area contributed by atoms with Gasteiger partial charge in [-0.1, -0.05) is 18.2 Å². The summed E-state index contributed by atoms with van der Waals surface area (Å²) >= 11 is 0. The maximum absolute atomic E-state index is 11.2. The van der Waals surface area contributed by atoms with E-state index in [0.717, 1.165) is 5.52 Å². The number of carboxylic acid groups (broad SMARTS) is 2. The molecule has 0 aliphatic heterocycles. The Morgan fingerprint density at radius 1 is 1.25 bits per heavy atom. The van der Waals surface area contributed by atoms with Gasteiger partial charge in [-0.25, -0.2) is 4.79 Å². The molecule has 1 unspecified atom stereocenters. The van der Waals surface area contributed by atoms with Crippen molar-refractivity contribution in [1.29, 1.82) is 0 Å². The van der Waals surface area contributed by atoms with Crippen LogP contribution in [0.2, 0.25) is 0 Å². The van der Waals surface area contributed by atoms with E-state index in [1.165, 1.54) is 6.20 Å². The number of para-hydroxylation sites is 1. The molecule has 0 spiro atoms. The molecule has 2 aromatic rings. The average Bonchev–Trinajstić information content (AvgIpc) is 2.87. The van der Waals surface area contributed by atoms with E-state index in [9.17, 15) is 25.0 Å². The van der Waals surface area contributed by atoms with Gasteiger partial charge in [0.05, 0.1) is 5.97 Å². The van der Waals surface area contributed by atoms with Gasteiger partial charge in [-0.2, -0.15) is 0 Å². The van der Waals surface area contributed by atoms with Crippen LogP contribution in [0.4, 0.5) is 0 Å². The van der Waals surface area contributed by atoms with Crippen molar-refractivity contribution in [2.75, 3.05) is 0 Å². The molecule has 0 bridgehead atoms. The fourth-order valence-electron chi connectivity index (χ4n) is 2.22. The van der Waals surface area contributed by atoms with Crippen molar-refractivity contribution in [1.82, 2.24) is 4.98 Å². The average molecular weight is 382 g/mol. The molecular weight excluding hydrogens is 370 g/mol. The molecule has 0 radical (unpaired) electrons. The fourth-order valence-corrected chi connectivity index (χ4v) is 2.22. The predicted molar refractivity (Wildman–Crippen MR) is 75.0 cm³/mol. The van der Waals surface area contributed by atoms with E-state index < -0.39 is 36.1 Å². The molecule has 0 saturated carbocycles. The third kappa shape index (κ3) is 5.71. The Morgan fingerprint density at radius 3 is 2.42 bits per heavy atom. The molecule has 0 fully saturated rings. The number of nitrogens with zero attached hydrogens (tertiary/aromatic N) is 1. The third-order valence-electron chi connectivity index (χ3n) is 3.35. The standard InChI is InChI=1S/C14H14N2O6.2K/c17-12(18)11(16-22)6-14(21,13(19)20)5-8-7-15-10-4-2-1-3-9(8)10;;/h1-4,7,15,21-22H,5-6H2,(H,17,18)(H,19,20);;/q;2*+1/p-2/b16-11+;;. The van der Waals surface area contributed by atoms with E-state index in [1.54, 1.807) is 24.3 Å². The van der Waals surface area contributed by atoms with Gasteiger partial charge < -0.3 is 35.5 Å². The van der Waals surface area contributed by atoms with Gasteiger partial charge in [0.25, 0.3) is 0 Å². The topological polar surface area (TPSA) is 149 Å². The van der Waals surface area contributed by atoms with Crippen molar-refractivity contribution in [3.8, 4) is 0 Å². The number of benzene rings is 1. The first-order chi connectivity index (χ1) is 10.4. The van der Waals surface area contributed by atoms with Gasteiger partial charge in [0.15, 0.2) is 0 Å². The number of hydrogen-bond acceptors (Lipinski definition) is 6. The number of aliphatic carboxylic acids is 2. The Hall–Kier alpha value is 0.403. The number of aliphatic hydroxyl groups is 1. The second-order valence-corrected chi connectivity index (χ2v) is 4.88. The Morgan fingerprint density at radius 2 is 1.88 bits per heavy atom. The smallest absolute Gasteiger partial charge is 0.792 e. The minimum absolute atomic E-state index is 0. The van der Waals surface area contributed by atoms with Crippen LogP contribution in [0, 0.1) is 5.21 Å². The molecule has 0 amide bonds. The summed E-state index contributed by atoms with van der Waals surface area (Å²) in [7, 11) is 0. The summed E-state index contributed by atoms with van der Waals surface area (Å²) in [5.41, 5.74) is -2.34. The Bertz CT molecular complexity index is 761. The molecule has 0 saturated heterocycles. The van der Waals surface area contributed by atoms with E-state index in [-0.39, 0.29) is 103 Å². The van der Waals surface area contributed by atoms with Crippen molar-refractivity contribution in [2.24, 2.45) is 5.16 Å². The number of H-pyrrole nitrogens is 1. The summed E-state index contributed by atoms with van der Waals surface area (Å²) in [5, 5.41) is 43.6. The minimum Gasteiger partial charge on any atom is -0.792 e. The fraction of sp³-hybridized carbons (Fsp3) is 0.214. The first-order valence-corrected chi connectivity index (χ1v) is 6.28. The molecule has 1 aromatic carbocycles. The van der Waals surface area contributed by atoms with E-state index in [0.29, 0.717) is 10.9 Å². The SMILES string of the molecule is O=C(O)/C(CC(O)(Cc1c[nH]c2ccccc12)C(=O)[O-])=N/[O-].[K+].[K+]. The van der Waals surface area contributed by atoms with Gasteiger partial charge in [0.2, 0.25) is 0 Å². The van der Waals surface area contributed by atoms with Crippen LogP contribution < -0.4 is 108 Å². The first-order valence-electron chi connectivity index (χ1n) is 6.28. The molecule has 1 aromatic heterocycles. The third-order valence-corrected chi connectivity index (χ3v) is 3.35. The maximum atomic E-state index is 11.2. The second-order valence-electron chi connectivity index (χ2n) is 4.88. The maximum Gasteiger partial charge on any atom is 1.00 e. The van der Waals surface area contributed by atoms with Crippen LogP contribution in [0.5, 0.6) is 0 Å². The summed E-state index contributed by atoms with van der Waals surface area (Å²) in [6.45, 7) is 0. The van der Waals surface area contributed by atoms with Crippen molar-refractivity contribution in [3.05, 3.63) is 41.2 Å². The quantitative estimate of drug-likeness (QED) is 0.257. The van der Waals surface area contributed by atoms with Gasteiger partial charge in [-0.3, -0.25) is 0 Å². The monoisotopic (exact) mass is 382 g/mol. The largest absolute Gasteiger partial charge is 1.00 e. The summed E-state index contributed by atoms with van der Waals surface area (Å²) in [4.78, 5) is 24.9. The number of hydrogen-bond donors (Lipinski definition) is 3. The molecule has 2 rings (SSSR count). The number of nitrogens with one attached hydrogen (secondary N) is 1. The number of aromatic amines is 1. The Labute approximate surface area is 222 Å². The molecule has 1 atom stereocenters. The van der Waals surface area contributed by atoms with E-state index >= 15 is 0 Å². The van der Waals surface area contributed by atoms with Crippen molar-refractivity contribution in [3.63, 3.8) is 0 Å². The van der Waals surface area contributed by atoms with Gasteiger partial charge in [-0.15, -0.1) is 0 Å². The second kappa shape index (κ2) is 10.5. The van der Waals surface area contributed by atoms with Gasteiger partial charge in [0.1, 0.15) is 11.3 Å². The number of aromatic nitrogens is 1. The van der Waals surface area contributed by atoms with Crippen LogP contribution in [0.3, 0.4) is 0 Å². The number of carboxylic acids is 2. The zero-order valence-electron chi connectivity index (χ0n) is 13.3. The summed E-state index contributed by atoms with van der Waals surface area (Å²) in [5.74, 6) is -3.56. The van der Waals surface area contributed by atoms with E-state index in [4.69, 9.17) is 5.11 Å². The number of fused-ring (bicyclic) bond motifs is 1.